The van der Waals surface area contributed by atoms with Crippen molar-refractivity contribution in [2.45, 2.75) is 0 Å². The van der Waals surface area contributed by atoms with E-state index in [-0.39, 0.29) is 16.1 Å². The number of nitrogens with zero attached hydrogens (tertiary/aromatic N) is 2. The lowest BCUT2D eigenvalue weighted by atomic mass is 10.1. The molecule has 6 heteroatoms. The van der Waals surface area contributed by atoms with E-state index in [0.29, 0.717) is 0 Å². The molecule has 3 nitrogen and oxygen atoms in total. The van der Waals surface area contributed by atoms with Crippen molar-refractivity contribution in [3.63, 3.8) is 0 Å². The summed E-state index contributed by atoms with van der Waals surface area (Å²) >= 11 is 10.9. The SMILES string of the molecule is N#Cc1c(Cl)ccc(C(Cl)=NO)c1F. The topological polar surface area (TPSA) is 56.4 Å². The lowest BCUT2D eigenvalue weighted by Gasteiger charge is -2.02. The van der Waals surface area contributed by atoms with Crippen LogP contribution in [-0.2, 0) is 0 Å². The van der Waals surface area contributed by atoms with Gasteiger partial charge in [0.15, 0.2) is 11.0 Å². The largest absolute Gasteiger partial charge is 0.410 e. The predicted octanol–water partition coefficient (Wildman–Crippen LogP) is 2.73. The van der Waals surface area contributed by atoms with Gasteiger partial charge in [0.1, 0.15) is 11.6 Å². The Morgan fingerprint density at radius 1 is 1.57 bits per heavy atom. The molecule has 0 unspecified atom stereocenters. The van der Waals surface area contributed by atoms with Crippen molar-refractivity contribution in [1.29, 1.82) is 5.26 Å². The molecule has 0 heterocycles. The van der Waals surface area contributed by atoms with Crippen molar-refractivity contribution >= 4 is 28.4 Å². The average Bonchev–Trinajstić information content (AvgIpc) is 2.18. The van der Waals surface area contributed by atoms with Crippen LogP contribution >= 0.6 is 23.2 Å². The molecule has 0 bridgehead atoms. The first-order valence-electron chi connectivity index (χ1n) is 3.37. The Balaban J connectivity index is 3.45. The van der Waals surface area contributed by atoms with Gasteiger partial charge in [0.05, 0.1) is 10.6 Å². The second kappa shape index (κ2) is 4.27. The van der Waals surface area contributed by atoms with Gasteiger partial charge in [-0.15, -0.1) is 0 Å². The minimum absolute atomic E-state index is 0.0174. The van der Waals surface area contributed by atoms with Crippen LogP contribution in [0.5, 0.6) is 0 Å². The van der Waals surface area contributed by atoms with Crippen LogP contribution in [0.1, 0.15) is 11.1 Å². The van der Waals surface area contributed by atoms with Crippen LogP contribution in [0.4, 0.5) is 4.39 Å². The van der Waals surface area contributed by atoms with Gasteiger partial charge in [0, 0.05) is 0 Å². The smallest absolute Gasteiger partial charge is 0.178 e. The molecule has 1 N–H and O–H groups in total. The summed E-state index contributed by atoms with van der Waals surface area (Å²) in [6.07, 6.45) is 0. The van der Waals surface area contributed by atoms with E-state index in [0.717, 1.165) is 0 Å². The molecule has 0 saturated heterocycles. The fourth-order valence-electron chi connectivity index (χ4n) is 0.868. The highest BCUT2D eigenvalue weighted by Gasteiger charge is 2.15. The predicted molar refractivity (Wildman–Crippen MR) is 50.3 cm³/mol. The molecule has 0 atom stereocenters. The highest BCUT2D eigenvalue weighted by atomic mass is 35.5. The van der Waals surface area contributed by atoms with Gasteiger partial charge in [-0.25, -0.2) is 4.39 Å². The normalized spacial score (nSPS) is 11.1. The monoisotopic (exact) mass is 232 g/mol. The molecule has 0 aliphatic rings. The molecule has 0 fully saturated rings. The lowest BCUT2D eigenvalue weighted by molar-refractivity contribution is 0.320. The Bertz CT molecular complexity index is 440. The standard InChI is InChI=1S/C8H3Cl2FN2O/c9-6-2-1-4(8(10)13-14)7(11)5(6)3-12/h1-2,14H. The fraction of sp³-hybridized carbons (Fsp3) is 0. The highest BCUT2D eigenvalue weighted by Crippen LogP contribution is 2.22. The zero-order valence-corrected chi connectivity index (χ0v) is 8.14. The van der Waals surface area contributed by atoms with Gasteiger partial charge < -0.3 is 5.21 Å². The lowest BCUT2D eigenvalue weighted by Crippen LogP contribution is -1.99. The maximum atomic E-state index is 13.4. The van der Waals surface area contributed by atoms with Crippen LogP contribution in [-0.4, -0.2) is 10.4 Å². The summed E-state index contributed by atoms with van der Waals surface area (Å²) in [5.74, 6) is -0.900. The average molecular weight is 233 g/mol. The van der Waals surface area contributed by atoms with Crippen molar-refractivity contribution in [2.75, 3.05) is 0 Å². The van der Waals surface area contributed by atoms with Gasteiger partial charge >= 0.3 is 0 Å². The number of hydrogen-bond donors (Lipinski definition) is 1. The summed E-state index contributed by atoms with van der Waals surface area (Å²) in [6.45, 7) is 0. The van der Waals surface area contributed by atoms with Crippen molar-refractivity contribution < 1.29 is 9.60 Å². The van der Waals surface area contributed by atoms with E-state index in [9.17, 15) is 4.39 Å². The summed E-state index contributed by atoms with van der Waals surface area (Å²) in [5.41, 5.74) is -0.499. The van der Waals surface area contributed by atoms with Crippen molar-refractivity contribution in [3.05, 3.63) is 34.1 Å². The molecule has 0 saturated carbocycles. The Kier molecular flexibility index (Phi) is 3.28. The van der Waals surface area contributed by atoms with Gasteiger partial charge in [-0.3, -0.25) is 0 Å². The fourth-order valence-corrected chi connectivity index (χ4v) is 1.20. The molecule has 14 heavy (non-hydrogen) atoms. The van der Waals surface area contributed by atoms with E-state index in [1.54, 1.807) is 6.07 Å². The highest BCUT2D eigenvalue weighted by molar-refractivity contribution is 6.69. The Morgan fingerprint density at radius 2 is 2.21 bits per heavy atom. The molecule has 0 amide bonds. The van der Waals surface area contributed by atoms with Crippen LogP contribution in [0, 0.1) is 17.1 Å². The first-order chi connectivity index (χ1) is 6.61. The number of rotatable bonds is 1. The minimum atomic E-state index is -0.900. The van der Waals surface area contributed by atoms with Gasteiger partial charge in [-0.05, 0) is 12.1 Å². The van der Waals surface area contributed by atoms with Gasteiger partial charge in [0.25, 0.3) is 0 Å². The van der Waals surface area contributed by atoms with E-state index in [1.165, 1.54) is 12.1 Å². The molecule has 1 aromatic carbocycles. The minimum Gasteiger partial charge on any atom is -0.410 e. The van der Waals surface area contributed by atoms with E-state index in [4.69, 9.17) is 33.7 Å². The summed E-state index contributed by atoms with van der Waals surface area (Å²) in [5, 5.41) is 19.0. The van der Waals surface area contributed by atoms with Crippen LogP contribution in [0.3, 0.4) is 0 Å². The quantitative estimate of drug-likeness (QED) is 0.460. The van der Waals surface area contributed by atoms with Gasteiger partial charge in [0.2, 0.25) is 0 Å². The van der Waals surface area contributed by atoms with Gasteiger partial charge in [-0.1, -0.05) is 28.4 Å². The Morgan fingerprint density at radius 3 is 2.71 bits per heavy atom. The number of benzene rings is 1. The molecule has 1 aromatic rings. The summed E-state index contributed by atoms with van der Waals surface area (Å²) in [4.78, 5) is 0. The third kappa shape index (κ3) is 1.79. The number of oxime groups is 1. The molecule has 1 rings (SSSR count). The molecule has 0 aliphatic heterocycles. The maximum Gasteiger partial charge on any atom is 0.178 e. The second-order valence-corrected chi connectivity index (χ2v) is 3.05. The maximum absolute atomic E-state index is 13.4. The zero-order valence-electron chi connectivity index (χ0n) is 6.63. The number of nitriles is 1. The van der Waals surface area contributed by atoms with Crippen LogP contribution in [0.15, 0.2) is 17.3 Å². The molecule has 0 radical (unpaired) electrons. The van der Waals surface area contributed by atoms with Gasteiger partial charge in [-0.2, -0.15) is 5.26 Å². The van der Waals surface area contributed by atoms with E-state index < -0.39 is 11.0 Å². The van der Waals surface area contributed by atoms with Crippen LogP contribution in [0.2, 0.25) is 5.02 Å². The number of hydrogen-bond acceptors (Lipinski definition) is 3. The second-order valence-electron chi connectivity index (χ2n) is 2.29. The van der Waals surface area contributed by atoms with Crippen molar-refractivity contribution in [3.8, 4) is 6.07 Å². The third-order valence-corrected chi connectivity index (χ3v) is 2.11. The van der Waals surface area contributed by atoms with E-state index in [1.807, 2.05) is 0 Å². The summed E-state index contributed by atoms with van der Waals surface area (Å²) in [7, 11) is 0. The molecule has 72 valence electrons. The van der Waals surface area contributed by atoms with E-state index in [2.05, 4.69) is 5.16 Å². The molecule has 0 aromatic heterocycles. The number of halogens is 3. The molecule has 0 spiro atoms. The Labute approximate surface area is 89.0 Å². The molecule has 0 aliphatic carbocycles. The molecular weight excluding hydrogens is 230 g/mol. The summed E-state index contributed by atoms with van der Waals surface area (Å²) in [6, 6.07) is 4.10. The Hall–Kier alpha value is -1.31. The molecular formula is C8H3Cl2FN2O. The van der Waals surface area contributed by atoms with Crippen LogP contribution in [0.25, 0.3) is 0 Å². The van der Waals surface area contributed by atoms with Crippen molar-refractivity contribution in [2.24, 2.45) is 5.16 Å². The first-order valence-corrected chi connectivity index (χ1v) is 4.13. The third-order valence-electron chi connectivity index (χ3n) is 1.51. The van der Waals surface area contributed by atoms with Crippen molar-refractivity contribution in [1.82, 2.24) is 0 Å². The van der Waals surface area contributed by atoms with E-state index >= 15 is 0 Å². The zero-order chi connectivity index (χ0) is 10.7. The van der Waals surface area contributed by atoms with Crippen LogP contribution < -0.4 is 0 Å². The summed E-state index contributed by atoms with van der Waals surface area (Å²) < 4.78 is 13.4. The first kappa shape index (κ1) is 10.8.